The van der Waals surface area contributed by atoms with Crippen LogP contribution in [0.25, 0.3) is 21.8 Å². The monoisotopic (exact) mass is 480 g/mol. The van der Waals surface area contributed by atoms with Gasteiger partial charge in [0.25, 0.3) is 0 Å². The molecule has 0 saturated heterocycles. The molecule has 0 atom stereocenters. The number of benzene rings is 2. The summed E-state index contributed by atoms with van der Waals surface area (Å²) < 4.78 is 11.0. The van der Waals surface area contributed by atoms with Crippen LogP contribution < -0.4 is 26.3 Å². The fraction of sp³-hybridized carbons (Fsp3) is 0.370. The van der Waals surface area contributed by atoms with E-state index in [2.05, 4.69) is 91.6 Å². The van der Waals surface area contributed by atoms with Crippen LogP contribution in [0.2, 0.25) is 0 Å². The normalized spacial score (nSPS) is 11.3. The average Bonchev–Trinajstić information content (AvgIpc) is 3.06. The van der Waals surface area contributed by atoms with Crippen molar-refractivity contribution in [2.75, 3.05) is 0 Å². The van der Waals surface area contributed by atoms with Gasteiger partial charge in [-0.25, -0.2) is 4.57 Å². The molecule has 0 saturated carbocycles. The van der Waals surface area contributed by atoms with Gasteiger partial charge in [0.2, 0.25) is 5.69 Å². The lowest BCUT2D eigenvalue weighted by Crippen LogP contribution is -3.00. The maximum atomic E-state index is 6.13. The second-order valence-electron chi connectivity index (χ2n) is 8.64. The average molecular weight is 481 g/mol. The fourth-order valence-corrected chi connectivity index (χ4v) is 4.25. The number of hydrogen-bond acceptors (Lipinski definition) is 1. The Labute approximate surface area is 196 Å². The Hall–Kier alpha value is -2.33. The van der Waals surface area contributed by atoms with Crippen LogP contribution in [0.3, 0.4) is 0 Å². The maximum Gasteiger partial charge on any atom is 0.202 e. The van der Waals surface area contributed by atoms with Crippen molar-refractivity contribution < 1.29 is 26.3 Å². The second-order valence-corrected chi connectivity index (χ2v) is 8.64. The minimum absolute atomic E-state index is 0. The molecule has 3 nitrogen and oxygen atoms in total. The molecule has 2 aromatic heterocycles. The van der Waals surface area contributed by atoms with Gasteiger partial charge in [0.05, 0.1) is 5.52 Å². The zero-order valence-electron chi connectivity index (χ0n) is 19.1. The van der Waals surface area contributed by atoms with Gasteiger partial charge in [-0.3, -0.25) is 0 Å². The van der Waals surface area contributed by atoms with E-state index in [9.17, 15) is 0 Å². The van der Waals surface area contributed by atoms with Crippen molar-refractivity contribution >= 4 is 21.8 Å². The minimum atomic E-state index is 0. The first kappa shape index (κ1) is 23.3. The van der Waals surface area contributed by atoms with E-state index in [1.807, 2.05) is 6.07 Å². The van der Waals surface area contributed by atoms with Crippen LogP contribution in [0.5, 0.6) is 5.75 Å². The van der Waals surface area contributed by atoms with Gasteiger partial charge in [-0.05, 0) is 30.0 Å². The minimum Gasteiger partial charge on any atom is -1.00 e. The Morgan fingerprint density at radius 2 is 1.77 bits per heavy atom. The number of hydrogen-bond donors (Lipinski definition) is 0. The molecule has 0 aliphatic heterocycles. The van der Waals surface area contributed by atoms with Crippen molar-refractivity contribution in [2.24, 2.45) is 5.92 Å². The van der Waals surface area contributed by atoms with E-state index in [0.717, 1.165) is 25.3 Å². The third-order valence-corrected chi connectivity index (χ3v) is 5.91. The predicted molar refractivity (Wildman–Crippen MR) is 125 cm³/mol. The lowest BCUT2D eigenvalue weighted by molar-refractivity contribution is -0.702. The van der Waals surface area contributed by atoms with Crippen LogP contribution in [-0.2, 0) is 19.7 Å². The van der Waals surface area contributed by atoms with Crippen LogP contribution in [0.4, 0.5) is 0 Å². The largest absolute Gasteiger partial charge is 1.00 e. The molecule has 0 radical (unpaired) electrons. The number of aryl methyl sites for hydroxylation is 3. The van der Waals surface area contributed by atoms with Crippen molar-refractivity contribution in [3.63, 3.8) is 0 Å². The number of rotatable bonds is 8. The molecule has 0 amide bonds. The van der Waals surface area contributed by atoms with Gasteiger partial charge >= 0.3 is 0 Å². The number of pyridine rings is 1. The zero-order chi connectivity index (χ0) is 21.1. The van der Waals surface area contributed by atoms with E-state index < -0.39 is 0 Å². The molecule has 0 unspecified atom stereocenters. The molecule has 0 aliphatic carbocycles. The van der Waals surface area contributed by atoms with Crippen LogP contribution >= 0.6 is 0 Å². The summed E-state index contributed by atoms with van der Waals surface area (Å²) in [5, 5.41) is 2.65. The summed E-state index contributed by atoms with van der Waals surface area (Å²) in [6.07, 6.45) is 4.56. The first-order valence-corrected chi connectivity index (χ1v) is 11.2. The van der Waals surface area contributed by atoms with Gasteiger partial charge < -0.3 is 26.3 Å². The van der Waals surface area contributed by atoms with Crippen molar-refractivity contribution in [2.45, 2.75) is 60.2 Å². The molecule has 164 valence electrons. The van der Waals surface area contributed by atoms with Crippen LogP contribution in [0, 0.1) is 12.8 Å². The molecule has 4 rings (SSSR count). The summed E-state index contributed by atoms with van der Waals surface area (Å²) >= 11 is 0. The molecule has 2 aromatic carbocycles. The van der Waals surface area contributed by atoms with Crippen molar-refractivity contribution in [1.82, 2.24) is 4.57 Å². The molecule has 0 spiro atoms. The van der Waals surface area contributed by atoms with Gasteiger partial charge in [0, 0.05) is 42.8 Å². The zero-order valence-corrected chi connectivity index (χ0v) is 20.7. The van der Waals surface area contributed by atoms with Crippen LogP contribution in [0.1, 0.15) is 44.9 Å². The SMILES string of the molecule is CCCn1c2cc(OCc3ccccc3)ccc2c2cc[n+](CCC(C)C)c(C)c21.[Br-]. The van der Waals surface area contributed by atoms with E-state index in [0.29, 0.717) is 12.5 Å². The first-order chi connectivity index (χ1) is 14.6. The Balaban J connectivity index is 0.00000272. The quantitative estimate of drug-likeness (QED) is 0.353. The van der Waals surface area contributed by atoms with Gasteiger partial charge in [0.15, 0.2) is 6.20 Å². The maximum absolute atomic E-state index is 6.13. The highest BCUT2D eigenvalue weighted by molar-refractivity contribution is 6.08. The lowest BCUT2D eigenvalue weighted by Gasteiger charge is -2.10. The van der Waals surface area contributed by atoms with Crippen molar-refractivity contribution in [1.29, 1.82) is 0 Å². The Kier molecular flexibility index (Phi) is 7.77. The van der Waals surface area contributed by atoms with Gasteiger partial charge in [-0.15, -0.1) is 0 Å². The highest BCUT2D eigenvalue weighted by Gasteiger charge is 2.19. The van der Waals surface area contributed by atoms with Gasteiger partial charge in [-0.2, -0.15) is 0 Å². The number of nitrogens with zero attached hydrogens (tertiary/aromatic N) is 2. The molecular formula is C27H33BrN2O. The molecule has 0 N–H and O–H groups in total. The molecule has 31 heavy (non-hydrogen) atoms. The molecular weight excluding hydrogens is 448 g/mol. The topological polar surface area (TPSA) is 18.0 Å². The van der Waals surface area contributed by atoms with E-state index in [1.54, 1.807) is 0 Å². The standard InChI is InChI=1S/C27H33N2O.BrH/c1-5-15-29-26-18-23(30-19-22-9-7-6-8-10-22)11-12-24(26)25-14-17-28(16-13-20(2)3)21(4)27(25)29;/h6-12,14,17-18,20H,5,13,15-16,19H2,1-4H3;1H/q+1;/p-1. The molecule has 2 heterocycles. The summed E-state index contributed by atoms with van der Waals surface area (Å²) in [6.45, 7) is 11.8. The number of halogens is 1. The number of ether oxygens (including phenoxy) is 1. The lowest BCUT2D eigenvalue weighted by atomic mass is 10.1. The molecule has 0 fully saturated rings. The van der Waals surface area contributed by atoms with Crippen molar-refractivity contribution in [3.8, 4) is 5.75 Å². The third kappa shape index (κ3) is 4.95. The highest BCUT2D eigenvalue weighted by atomic mass is 79.9. The second kappa shape index (κ2) is 10.3. The summed E-state index contributed by atoms with van der Waals surface area (Å²) in [6, 6.07) is 19.2. The third-order valence-electron chi connectivity index (χ3n) is 5.91. The Bertz CT molecular complexity index is 1150. The van der Waals surface area contributed by atoms with Crippen LogP contribution in [-0.4, -0.2) is 4.57 Å². The summed E-state index contributed by atoms with van der Waals surface area (Å²) in [5.74, 6) is 1.63. The van der Waals surface area contributed by atoms with Gasteiger partial charge in [0.1, 0.15) is 24.4 Å². The highest BCUT2D eigenvalue weighted by Crippen LogP contribution is 2.33. The number of aromatic nitrogens is 2. The fourth-order valence-electron chi connectivity index (χ4n) is 4.25. The molecule has 4 heteroatoms. The van der Waals surface area contributed by atoms with Crippen molar-refractivity contribution in [3.05, 3.63) is 72.1 Å². The smallest absolute Gasteiger partial charge is 0.202 e. The van der Waals surface area contributed by atoms with Crippen LogP contribution in [0.15, 0.2) is 60.8 Å². The van der Waals surface area contributed by atoms with E-state index in [4.69, 9.17) is 4.74 Å². The summed E-state index contributed by atoms with van der Waals surface area (Å²) in [5.41, 5.74) is 5.17. The van der Waals surface area contributed by atoms with E-state index >= 15 is 0 Å². The Morgan fingerprint density at radius 1 is 1.00 bits per heavy atom. The van der Waals surface area contributed by atoms with E-state index in [1.165, 1.54) is 39.5 Å². The van der Waals surface area contributed by atoms with E-state index in [-0.39, 0.29) is 17.0 Å². The molecule has 0 bridgehead atoms. The number of fused-ring (bicyclic) bond motifs is 3. The molecule has 0 aliphatic rings. The van der Waals surface area contributed by atoms with Gasteiger partial charge in [-0.1, -0.05) is 51.1 Å². The summed E-state index contributed by atoms with van der Waals surface area (Å²) in [7, 11) is 0. The first-order valence-electron chi connectivity index (χ1n) is 11.2. The Morgan fingerprint density at radius 3 is 2.48 bits per heavy atom. The molecule has 4 aromatic rings. The predicted octanol–water partition coefficient (Wildman–Crippen LogP) is 3.43. The summed E-state index contributed by atoms with van der Waals surface area (Å²) in [4.78, 5) is 0.